The van der Waals surface area contributed by atoms with Crippen LogP contribution in [0, 0.1) is 0 Å². The van der Waals surface area contributed by atoms with Crippen molar-refractivity contribution in [2.75, 3.05) is 44.0 Å². The predicted octanol–water partition coefficient (Wildman–Crippen LogP) is 3.59. The van der Waals surface area contributed by atoms with E-state index in [1.54, 1.807) is 31.3 Å². The fraction of sp³-hybridized carbons (Fsp3) is 0.364. The second-order valence-electron chi connectivity index (χ2n) is 6.67. The van der Waals surface area contributed by atoms with Crippen LogP contribution in [0.2, 0.25) is 0 Å². The molecule has 0 atom stereocenters. The van der Waals surface area contributed by atoms with Crippen LogP contribution in [0.4, 0.5) is 20.2 Å². The minimum atomic E-state index is -3.01. The van der Waals surface area contributed by atoms with Gasteiger partial charge in [-0.05, 0) is 45.2 Å². The Bertz CT molecular complexity index is 911. The Morgan fingerprint density at radius 1 is 0.906 bits per heavy atom. The molecule has 0 fully saturated rings. The molecule has 174 valence electrons. The summed E-state index contributed by atoms with van der Waals surface area (Å²) in [5, 5.41) is 5.25. The lowest BCUT2D eigenvalue weighted by Crippen LogP contribution is -2.36. The number of nitrogens with zero attached hydrogens (tertiary/aromatic N) is 1. The normalized spacial score (nSPS) is 10.7. The predicted molar refractivity (Wildman–Crippen MR) is 117 cm³/mol. The number of carbonyl (C=O) groups is 2. The van der Waals surface area contributed by atoms with Gasteiger partial charge in [0.2, 0.25) is 11.8 Å². The first-order valence-electron chi connectivity index (χ1n) is 10.0. The molecule has 32 heavy (non-hydrogen) atoms. The van der Waals surface area contributed by atoms with Crippen molar-refractivity contribution in [3.8, 4) is 17.2 Å². The topological polar surface area (TPSA) is 89.1 Å². The summed E-state index contributed by atoms with van der Waals surface area (Å²) in [6, 6.07) is 10.9. The molecular weight excluding hydrogens is 424 g/mol. The molecule has 0 heterocycles. The summed E-state index contributed by atoms with van der Waals surface area (Å²) in [6.07, 6.45) is 0. The van der Waals surface area contributed by atoms with Crippen LogP contribution >= 0.6 is 0 Å². The molecule has 0 spiro atoms. The van der Waals surface area contributed by atoms with Crippen molar-refractivity contribution in [1.29, 1.82) is 0 Å². The Morgan fingerprint density at radius 2 is 1.53 bits per heavy atom. The number of nitrogens with one attached hydrogen (secondary N) is 2. The van der Waals surface area contributed by atoms with Crippen LogP contribution in [0.3, 0.4) is 0 Å². The average Bonchev–Trinajstić information content (AvgIpc) is 2.71. The number of rotatable bonds is 12. The fourth-order valence-corrected chi connectivity index (χ4v) is 2.83. The van der Waals surface area contributed by atoms with Crippen molar-refractivity contribution in [2.24, 2.45) is 0 Å². The molecule has 2 aromatic carbocycles. The standard InChI is InChI=1S/C22H27F2N3O5/c1-4-30-18-11-10-15(12-19(18)31-5-2)25-20(28)13-27(3)14-21(29)26-16-8-6-7-9-17(16)32-22(23)24/h6-12,22H,4-5,13-14H2,1-3H3,(H,25,28)(H,26,29). The average molecular weight is 451 g/mol. The van der Waals surface area contributed by atoms with Crippen molar-refractivity contribution in [2.45, 2.75) is 20.5 Å². The maximum absolute atomic E-state index is 12.5. The molecule has 10 heteroatoms. The molecule has 2 aromatic rings. The zero-order chi connectivity index (χ0) is 23.5. The highest BCUT2D eigenvalue weighted by molar-refractivity contribution is 5.95. The molecule has 8 nitrogen and oxygen atoms in total. The van der Waals surface area contributed by atoms with E-state index in [2.05, 4.69) is 15.4 Å². The smallest absolute Gasteiger partial charge is 0.387 e. The Kier molecular flexibility index (Phi) is 9.68. The van der Waals surface area contributed by atoms with E-state index in [0.29, 0.717) is 30.4 Å². The quantitative estimate of drug-likeness (QED) is 0.513. The van der Waals surface area contributed by atoms with Gasteiger partial charge in [0.25, 0.3) is 0 Å². The van der Waals surface area contributed by atoms with Crippen LogP contribution in [-0.4, -0.2) is 56.7 Å². The van der Waals surface area contributed by atoms with Gasteiger partial charge in [-0.25, -0.2) is 0 Å². The van der Waals surface area contributed by atoms with Gasteiger partial charge in [0, 0.05) is 11.8 Å². The summed E-state index contributed by atoms with van der Waals surface area (Å²) < 4.78 is 40.4. The third kappa shape index (κ3) is 8.03. The molecule has 0 saturated carbocycles. The third-order valence-corrected chi connectivity index (χ3v) is 4.03. The number of amides is 2. The summed E-state index contributed by atoms with van der Waals surface area (Å²) in [5.74, 6) is 0.136. The van der Waals surface area contributed by atoms with E-state index < -0.39 is 12.5 Å². The summed E-state index contributed by atoms with van der Waals surface area (Å²) >= 11 is 0. The summed E-state index contributed by atoms with van der Waals surface area (Å²) in [6.45, 7) is 1.42. The van der Waals surface area contributed by atoms with Crippen LogP contribution in [0.25, 0.3) is 0 Å². The van der Waals surface area contributed by atoms with Gasteiger partial charge < -0.3 is 24.8 Å². The highest BCUT2D eigenvalue weighted by Gasteiger charge is 2.15. The molecule has 0 aliphatic rings. The van der Waals surface area contributed by atoms with Gasteiger partial charge in [-0.1, -0.05) is 12.1 Å². The molecule has 2 rings (SSSR count). The van der Waals surface area contributed by atoms with Crippen LogP contribution in [0.15, 0.2) is 42.5 Å². The maximum atomic E-state index is 12.5. The number of halogens is 2. The van der Waals surface area contributed by atoms with E-state index in [0.717, 1.165) is 0 Å². The first kappa shape index (κ1) is 24.9. The molecule has 0 aromatic heterocycles. The van der Waals surface area contributed by atoms with E-state index in [1.807, 2.05) is 13.8 Å². The van der Waals surface area contributed by atoms with Crippen molar-refractivity contribution in [3.05, 3.63) is 42.5 Å². The first-order chi connectivity index (χ1) is 15.3. The van der Waals surface area contributed by atoms with Crippen molar-refractivity contribution >= 4 is 23.2 Å². The molecule has 0 saturated heterocycles. The van der Waals surface area contributed by atoms with E-state index >= 15 is 0 Å². The number of para-hydroxylation sites is 2. The van der Waals surface area contributed by atoms with Gasteiger partial charge in [-0.3, -0.25) is 14.5 Å². The van der Waals surface area contributed by atoms with Crippen molar-refractivity contribution in [1.82, 2.24) is 4.90 Å². The minimum absolute atomic E-state index is 0.0697. The highest BCUT2D eigenvalue weighted by atomic mass is 19.3. The Labute approximate surface area is 185 Å². The maximum Gasteiger partial charge on any atom is 0.387 e. The highest BCUT2D eigenvalue weighted by Crippen LogP contribution is 2.30. The number of ether oxygens (including phenoxy) is 3. The minimum Gasteiger partial charge on any atom is -0.490 e. The largest absolute Gasteiger partial charge is 0.490 e. The Balaban J connectivity index is 1.90. The molecule has 0 aliphatic heterocycles. The molecule has 2 amide bonds. The van der Waals surface area contributed by atoms with Gasteiger partial charge in [0.15, 0.2) is 11.5 Å². The van der Waals surface area contributed by atoms with Crippen LogP contribution in [0.1, 0.15) is 13.8 Å². The molecule has 0 aliphatic carbocycles. The summed E-state index contributed by atoms with van der Waals surface area (Å²) in [4.78, 5) is 26.1. The van der Waals surface area contributed by atoms with Gasteiger partial charge in [0.1, 0.15) is 5.75 Å². The van der Waals surface area contributed by atoms with Crippen molar-refractivity contribution < 1.29 is 32.6 Å². The SMILES string of the molecule is CCOc1ccc(NC(=O)CN(C)CC(=O)Nc2ccccc2OC(F)F)cc1OCC. The van der Waals surface area contributed by atoms with E-state index in [1.165, 1.54) is 23.1 Å². The third-order valence-electron chi connectivity index (χ3n) is 4.03. The van der Waals surface area contributed by atoms with E-state index in [9.17, 15) is 18.4 Å². The number of alkyl halides is 2. The monoisotopic (exact) mass is 451 g/mol. The number of hydrogen-bond acceptors (Lipinski definition) is 6. The first-order valence-corrected chi connectivity index (χ1v) is 10.0. The van der Waals surface area contributed by atoms with Crippen molar-refractivity contribution in [3.63, 3.8) is 0 Å². The Hall–Kier alpha value is -3.40. The lowest BCUT2D eigenvalue weighted by Gasteiger charge is -2.17. The van der Waals surface area contributed by atoms with Gasteiger partial charge in [-0.15, -0.1) is 0 Å². The lowest BCUT2D eigenvalue weighted by molar-refractivity contribution is -0.119. The van der Waals surface area contributed by atoms with Gasteiger partial charge >= 0.3 is 6.61 Å². The van der Waals surface area contributed by atoms with Crippen LogP contribution < -0.4 is 24.8 Å². The number of likely N-dealkylation sites (N-methyl/N-ethyl adjacent to an activating group) is 1. The lowest BCUT2D eigenvalue weighted by atomic mass is 10.2. The van der Waals surface area contributed by atoms with Crippen LogP contribution in [-0.2, 0) is 9.59 Å². The van der Waals surface area contributed by atoms with E-state index in [-0.39, 0.29) is 30.4 Å². The van der Waals surface area contributed by atoms with Gasteiger partial charge in [0.05, 0.1) is 32.0 Å². The fourth-order valence-electron chi connectivity index (χ4n) is 2.83. The zero-order valence-corrected chi connectivity index (χ0v) is 18.2. The number of carbonyl (C=O) groups excluding carboxylic acids is 2. The number of anilines is 2. The van der Waals surface area contributed by atoms with E-state index in [4.69, 9.17) is 9.47 Å². The molecule has 0 radical (unpaired) electrons. The molecular formula is C22H27F2N3O5. The zero-order valence-electron chi connectivity index (χ0n) is 18.2. The van der Waals surface area contributed by atoms with Gasteiger partial charge in [-0.2, -0.15) is 8.78 Å². The molecule has 0 unspecified atom stereocenters. The Morgan fingerprint density at radius 3 is 2.19 bits per heavy atom. The number of benzene rings is 2. The second-order valence-corrected chi connectivity index (χ2v) is 6.67. The van der Waals surface area contributed by atoms with Crippen LogP contribution in [0.5, 0.6) is 17.2 Å². The molecule has 2 N–H and O–H groups in total. The second kappa shape index (κ2) is 12.5. The summed E-state index contributed by atoms with van der Waals surface area (Å²) in [5.41, 5.74) is 0.645. The molecule has 0 bridgehead atoms. The summed E-state index contributed by atoms with van der Waals surface area (Å²) in [7, 11) is 1.59. The number of hydrogen-bond donors (Lipinski definition) is 2.